The van der Waals surface area contributed by atoms with Crippen molar-refractivity contribution in [1.82, 2.24) is 20.3 Å². The number of rotatable bonds is 4. The average molecular weight is 275 g/mol. The van der Waals surface area contributed by atoms with Gasteiger partial charge in [-0.3, -0.25) is 0 Å². The van der Waals surface area contributed by atoms with Gasteiger partial charge in [0.1, 0.15) is 12.7 Å². The number of hydrogen-bond donors (Lipinski definition) is 1. The Morgan fingerprint density at radius 1 is 1.33 bits per heavy atom. The fourth-order valence-electron chi connectivity index (χ4n) is 1.61. The number of nitrogens with one attached hydrogen (secondary N) is 1. The summed E-state index contributed by atoms with van der Waals surface area (Å²) < 4.78 is 16.0. The van der Waals surface area contributed by atoms with E-state index in [0.717, 1.165) is 13.1 Å². The Morgan fingerprint density at radius 3 is 2.83 bits per heavy atom. The smallest absolute Gasteiger partial charge is 0.324 e. The van der Waals surface area contributed by atoms with Crippen LogP contribution in [0.3, 0.4) is 0 Å². The summed E-state index contributed by atoms with van der Waals surface area (Å²) in [5, 5.41) is 3.28. The van der Waals surface area contributed by atoms with Crippen LogP contribution in [0.1, 0.15) is 6.92 Å². The van der Waals surface area contributed by atoms with Crippen molar-refractivity contribution >= 4 is 11.6 Å². The Hall–Kier alpha value is -1.18. The first-order valence-electron chi connectivity index (χ1n) is 5.62. The molecule has 100 valence electrons. The van der Waals surface area contributed by atoms with Gasteiger partial charge in [0, 0.05) is 13.1 Å². The molecule has 1 saturated heterocycles. The zero-order chi connectivity index (χ0) is 13.0. The summed E-state index contributed by atoms with van der Waals surface area (Å²) in [5.74, 6) is 0. The molecule has 1 aromatic heterocycles. The Kier molecular flexibility index (Phi) is 4.51. The third-order valence-electron chi connectivity index (χ3n) is 2.38. The van der Waals surface area contributed by atoms with E-state index in [-0.39, 0.29) is 29.5 Å². The minimum absolute atomic E-state index is 0.0321. The van der Waals surface area contributed by atoms with Gasteiger partial charge >= 0.3 is 12.0 Å². The highest BCUT2D eigenvalue weighted by Gasteiger charge is 2.20. The van der Waals surface area contributed by atoms with Crippen LogP contribution in [-0.4, -0.2) is 54.0 Å². The second-order valence-electron chi connectivity index (χ2n) is 3.91. The maximum absolute atomic E-state index is 5.71. The Labute approximate surface area is 110 Å². The van der Waals surface area contributed by atoms with Gasteiger partial charge < -0.3 is 19.5 Å². The van der Waals surface area contributed by atoms with Crippen molar-refractivity contribution < 1.29 is 14.2 Å². The molecule has 0 amide bonds. The van der Waals surface area contributed by atoms with Crippen LogP contribution in [0.5, 0.6) is 12.0 Å². The molecule has 18 heavy (non-hydrogen) atoms. The highest BCUT2D eigenvalue weighted by atomic mass is 35.5. The Balaban J connectivity index is 1.91. The van der Waals surface area contributed by atoms with Gasteiger partial charge in [0.2, 0.25) is 5.28 Å². The van der Waals surface area contributed by atoms with Crippen molar-refractivity contribution in [3.8, 4) is 12.0 Å². The van der Waals surface area contributed by atoms with E-state index >= 15 is 0 Å². The van der Waals surface area contributed by atoms with E-state index in [2.05, 4.69) is 20.3 Å². The molecule has 1 N–H and O–H groups in total. The van der Waals surface area contributed by atoms with Crippen LogP contribution in [0.25, 0.3) is 0 Å². The van der Waals surface area contributed by atoms with Crippen molar-refractivity contribution in [3.05, 3.63) is 5.28 Å². The molecule has 2 unspecified atom stereocenters. The van der Waals surface area contributed by atoms with E-state index in [1.54, 1.807) is 0 Å². The number of ether oxygens (including phenoxy) is 3. The second-order valence-corrected chi connectivity index (χ2v) is 4.25. The lowest BCUT2D eigenvalue weighted by Crippen LogP contribution is -2.45. The molecule has 0 aliphatic carbocycles. The minimum atomic E-state index is -0.0321. The normalized spacial score (nSPS) is 23.7. The number of hydrogen-bond acceptors (Lipinski definition) is 7. The van der Waals surface area contributed by atoms with E-state index in [1.807, 2.05) is 6.92 Å². The van der Waals surface area contributed by atoms with Crippen LogP contribution in [0.4, 0.5) is 0 Å². The maximum atomic E-state index is 5.71. The van der Waals surface area contributed by atoms with Gasteiger partial charge in [0.25, 0.3) is 0 Å². The molecule has 1 aliphatic rings. The predicted octanol–water partition coefficient (Wildman–Crippen LogP) is 0.289. The summed E-state index contributed by atoms with van der Waals surface area (Å²) in [7, 11) is 1.45. The molecule has 0 spiro atoms. The van der Waals surface area contributed by atoms with E-state index in [9.17, 15) is 0 Å². The molecule has 0 radical (unpaired) electrons. The average Bonchev–Trinajstić information content (AvgIpc) is 2.36. The first kappa shape index (κ1) is 13.3. The van der Waals surface area contributed by atoms with E-state index in [4.69, 9.17) is 25.8 Å². The quantitative estimate of drug-likeness (QED) is 0.845. The third-order valence-corrected chi connectivity index (χ3v) is 2.55. The van der Waals surface area contributed by atoms with Crippen molar-refractivity contribution in [2.45, 2.75) is 19.1 Å². The predicted molar refractivity (Wildman–Crippen MR) is 64.1 cm³/mol. The zero-order valence-electron chi connectivity index (χ0n) is 10.2. The molecule has 8 heteroatoms. The summed E-state index contributed by atoms with van der Waals surface area (Å²) >= 11 is 5.71. The van der Waals surface area contributed by atoms with Crippen LogP contribution < -0.4 is 14.8 Å². The van der Waals surface area contributed by atoms with Crippen LogP contribution in [0.15, 0.2) is 0 Å². The molecule has 1 aromatic rings. The number of aromatic nitrogens is 3. The van der Waals surface area contributed by atoms with Gasteiger partial charge in [-0.05, 0) is 18.5 Å². The molecule has 0 aromatic carbocycles. The highest BCUT2D eigenvalue weighted by Crippen LogP contribution is 2.13. The molecular formula is C10H15ClN4O3. The van der Waals surface area contributed by atoms with Gasteiger partial charge in [0.15, 0.2) is 0 Å². The molecule has 1 aliphatic heterocycles. The number of methoxy groups -OCH3 is 1. The molecule has 0 bridgehead atoms. The lowest BCUT2D eigenvalue weighted by Gasteiger charge is -2.28. The van der Waals surface area contributed by atoms with Crippen LogP contribution in [-0.2, 0) is 4.74 Å². The van der Waals surface area contributed by atoms with E-state index < -0.39 is 0 Å². The van der Waals surface area contributed by atoms with Crippen molar-refractivity contribution in [3.63, 3.8) is 0 Å². The Bertz CT molecular complexity index is 407. The fourth-order valence-corrected chi connectivity index (χ4v) is 1.75. The van der Waals surface area contributed by atoms with Gasteiger partial charge in [0.05, 0.1) is 13.2 Å². The maximum Gasteiger partial charge on any atom is 0.324 e. The summed E-state index contributed by atoms with van der Waals surface area (Å²) in [4.78, 5) is 11.5. The van der Waals surface area contributed by atoms with E-state index in [0.29, 0.717) is 6.61 Å². The van der Waals surface area contributed by atoms with E-state index in [1.165, 1.54) is 7.11 Å². The number of morpholine rings is 1. The summed E-state index contributed by atoms with van der Waals surface area (Å²) in [6.45, 7) is 3.94. The van der Waals surface area contributed by atoms with Gasteiger partial charge in [-0.15, -0.1) is 4.98 Å². The van der Waals surface area contributed by atoms with Crippen molar-refractivity contribution in [2.75, 3.05) is 26.8 Å². The van der Waals surface area contributed by atoms with Gasteiger partial charge in [-0.2, -0.15) is 9.97 Å². The largest absolute Gasteiger partial charge is 0.467 e. The molecule has 1 fully saturated rings. The standard InChI is InChI=1S/C10H15ClN4O3/c1-6-3-12-4-7(18-6)5-17-10-14-8(11)13-9(15-10)16-2/h6-7,12H,3-5H2,1-2H3. The summed E-state index contributed by atoms with van der Waals surface area (Å²) in [5.41, 5.74) is 0. The molecule has 2 heterocycles. The lowest BCUT2D eigenvalue weighted by atomic mass is 10.2. The number of nitrogens with zero attached hydrogens (tertiary/aromatic N) is 3. The SMILES string of the molecule is COc1nc(Cl)nc(OCC2CNCC(C)O2)n1. The first-order chi connectivity index (χ1) is 8.67. The minimum Gasteiger partial charge on any atom is -0.467 e. The molecule has 7 nitrogen and oxygen atoms in total. The topological polar surface area (TPSA) is 78.4 Å². The molecule has 0 saturated carbocycles. The van der Waals surface area contributed by atoms with Gasteiger partial charge in [-0.1, -0.05) is 0 Å². The molecule has 2 rings (SSSR count). The van der Waals surface area contributed by atoms with Crippen LogP contribution in [0.2, 0.25) is 5.28 Å². The number of halogens is 1. The molecule has 2 atom stereocenters. The van der Waals surface area contributed by atoms with Crippen molar-refractivity contribution in [2.24, 2.45) is 0 Å². The van der Waals surface area contributed by atoms with Crippen LogP contribution >= 0.6 is 11.6 Å². The summed E-state index contributed by atoms with van der Waals surface area (Å²) in [6.07, 6.45) is 0.138. The van der Waals surface area contributed by atoms with Crippen molar-refractivity contribution in [1.29, 1.82) is 0 Å². The highest BCUT2D eigenvalue weighted by molar-refractivity contribution is 6.28. The second kappa shape index (κ2) is 6.12. The van der Waals surface area contributed by atoms with Gasteiger partial charge in [-0.25, -0.2) is 0 Å². The lowest BCUT2D eigenvalue weighted by molar-refractivity contribution is -0.0484. The third kappa shape index (κ3) is 3.66. The van der Waals surface area contributed by atoms with Crippen LogP contribution in [0, 0.1) is 0 Å². The summed E-state index contributed by atoms with van der Waals surface area (Å²) in [6, 6.07) is 0.259. The monoisotopic (exact) mass is 274 g/mol. The Morgan fingerprint density at radius 2 is 2.11 bits per heavy atom. The zero-order valence-corrected chi connectivity index (χ0v) is 11.0. The molecular weight excluding hydrogens is 260 g/mol. The first-order valence-corrected chi connectivity index (χ1v) is 5.99. The fraction of sp³-hybridized carbons (Fsp3) is 0.700.